The van der Waals surface area contributed by atoms with Crippen LogP contribution in [0.1, 0.15) is 51.4 Å². The van der Waals surface area contributed by atoms with Gasteiger partial charge in [0, 0.05) is 6.54 Å². The molecule has 0 aromatic heterocycles. The number of ether oxygens (including phenoxy) is 1. The maximum Gasteiger partial charge on any atom is 0.103 e. The summed E-state index contributed by atoms with van der Waals surface area (Å²) >= 11 is 0. The first-order chi connectivity index (χ1) is 7.74. The molecule has 0 heterocycles. The second-order valence-corrected chi connectivity index (χ2v) is 5.51. The Balaban J connectivity index is 1.75. The summed E-state index contributed by atoms with van der Waals surface area (Å²) < 4.78 is 5.89. The minimum atomic E-state index is -0.744. The second kappa shape index (κ2) is 5.48. The third-order valence-electron chi connectivity index (χ3n) is 4.06. The van der Waals surface area contributed by atoms with Gasteiger partial charge in [-0.05, 0) is 31.6 Å². The zero-order valence-corrected chi connectivity index (χ0v) is 10.2. The summed E-state index contributed by atoms with van der Waals surface area (Å²) in [5.74, 6) is 0.392. The molecule has 2 saturated carbocycles. The molecule has 1 unspecified atom stereocenters. The zero-order chi connectivity index (χ0) is 11.4. The molecule has 3 N–H and O–H groups in total. The highest BCUT2D eigenvalue weighted by atomic mass is 16.5. The largest absolute Gasteiger partial charge is 0.386 e. The molecule has 3 nitrogen and oxygen atoms in total. The summed E-state index contributed by atoms with van der Waals surface area (Å²) in [7, 11) is 0. The van der Waals surface area contributed by atoms with E-state index in [-0.39, 0.29) is 0 Å². The lowest BCUT2D eigenvalue weighted by atomic mass is 9.99. The van der Waals surface area contributed by atoms with E-state index in [0.717, 1.165) is 25.7 Å². The van der Waals surface area contributed by atoms with Crippen LogP contribution in [0.2, 0.25) is 0 Å². The molecule has 0 aliphatic heterocycles. The molecular weight excluding hydrogens is 202 g/mol. The van der Waals surface area contributed by atoms with Gasteiger partial charge in [-0.1, -0.05) is 25.7 Å². The van der Waals surface area contributed by atoms with E-state index in [1.807, 2.05) is 0 Å². The molecule has 0 aromatic rings. The van der Waals surface area contributed by atoms with Gasteiger partial charge in [-0.15, -0.1) is 0 Å². The molecule has 0 amide bonds. The fraction of sp³-hybridized carbons (Fsp3) is 1.00. The molecule has 94 valence electrons. The highest BCUT2D eigenvalue weighted by Gasteiger charge is 2.43. The van der Waals surface area contributed by atoms with Crippen molar-refractivity contribution < 1.29 is 9.84 Å². The predicted octanol–water partition coefficient (Wildman–Crippen LogP) is 1.83. The van der Waals surface area contributed by atoms with Crippen LogP contribution in [0.3, 0.4) is 0 Å². The lowest BCUT2D eigenvalue weighted by molar-refractivity contribution is -0.0827. The molecule has 0 spiro atoms. The highest BCUT2D eigenvalue weighted by Crippen LogP contribution is 2.39. The summed E-state index contributed by atoms with van der Waals surface area (Å²) in [5, 5.41) is 10.3. The fourth-order valence-electron chi connectivity index (χ4n) is 2.63. The van der Waals surface area contributed by atoms with E-state index in [1.54, 1.807) is 0 Å². The average molecular weight is 227 g/mol. The van der Waals surface area contributed by atoms with Gasteiger partial charge in [0.15, 0.2) is 0 Å². The van der Waals surface area contributed by atoms with Crippen molar-refractivity contribution in [2.45, 2.75) is 63.1 Å². The standard InChI is InChI=1S/C13H25NO2/c14-9-13(15,11-7-8-11)10-16-12-5-3-1-2-4-6-12/h11-12,15H,1-10,14H2. The minimum absolute atomic E-state index is 0.338. The molecular formula is C13H25NO2. The summed E-state index contributed by atoms with van der Waals surface area (Å²) in [6, 6.07) is 0. The Kier molecular flexibility index (Phi) is 4.22. The Bertz CT molecular complexity index is 210. The van der Waals surface area contributed by atoms with Crippen LogP contribution in [0.5, 0.6) is 0 Å². The maximum atomic E-state index is 10.3. The molecule has 0 saturated heterocycles. The van der Waals surface area contributed by atoms with E-state index in [1.165, 1.54) is 25.7 Å². The number of hydrogen-bond donors (Lipinski definition) is 2. The van der Waals surface area contributed by atoms with Crippen LogP contribution in [0, 0.1) is 5.92 Å². The van der Waals surface area contributed by atoms with Crippen molar-refractivity contribution in [2.75, 3.05) is 13.2 Å². The van der Waals surface area contributed by atoms with Crippen LogP contribution in [-0.4, -0.2) is 30.0 Å². The van der Waals surface area contributed by atoms with Crippen molar-refractivity contribution in [2.24, 2.45) is 11.7 Å². The fourth-order valence-corrected chi connectivity index (χ4v) is 2.63. The number of hydrogen-bond acceptors (Lipinski definition) is 3. The lowest BCUT2D eigenvalue weighted by Gasteiger charge is -2.28. The van der Waals surface area contributed by atoms with E-state index in [0.29, 0.717) is 25.2 Å². The van der Waals surface area contributed by atoms with Gasteiger partial charge in [0.2, 0.25) is 0 Å². The van der Waals surface area contributed by atoms with E-state index in [4.69, 9.17) is 10.5 Å². The van der Waals surface area contributed by atoms with Crippen LogP contribution in [0.25, 0.3) is 0 Å². The minimum Gasteiger partial charge on any atom is -0.386 e. The Morgan fingerprint density at radius 2 is 1.69 bits per heavy atom. The first-order valence-corrected chi connectivity index (χ1v) is 6.79. The van der Waals surface area contributed by atoms with E-state index in [2.05, 4.69) is 0 Å². The Hall–Kier alpha value is -0.120. The van der Waals surface area contributed by atoms with Gasteiger partial charge >= 0.3 is 0 Å². The van der Waals surface area contributed by atoms with Gasteiger partial charge < -0.3 is 15.6 Å². The average Bonchev–Trinajstić information content (AvgIpc) is 3.12. The predicted molar refractivity (Wildman–Crippen MR) is 64.2 cm³/mol. The van der Waals surface area contributed by atoms with Crippen LogP contribution in [0.15, 0.2) is 0 Å². The summed E-state index contributed by atoms with van der Waals surface area (Å²) in [6.45, 7) is 0.781. The summed E-state index contributed by atoms with van der Waals surface area (Å²) in [6.07, 6.45) is 10.1. The molecule has 2 rings (SSSR count). The van der Waals surface area contributed by atoms with Crippen LogP contribution in [0.4, 0.5) is 0 Å². The van der Waals surface area contributed by atoms with E-state index >= 15 is 0 Å². The van der Waals surface area contributed by atoms with Crippen molar-refractivity contribution in [1.82, 2.24) is 0 Å². The molecule has 2 aliphatic rings. The monoisotopic (exact) mass is 227 g/mol. The molecule has 2 fully saturated rings. The maximum absolute atomic E-state index is 10.3. The SMILES string of the molecule is NCC(O)(COC1CCCCCC1)C1CC1. The quantitative estimate of drug-likeness (QED) is 0.704. The number of aliphatic hydroxyl groups is 1. The van der Waals surface area contributed by atoms with Gasteiger partial charge in [0.1, 0.15) is 5.60 Å². The third kappa shape index (κ3) is 3.19. The second-order valence-electron chi connectivity index (χ2n) is 5.51. The third-order valence-corrected chi connectivity index (χ3v) is 4.06. The van der Waals surface area contributed by atoms with Crippen molar-refractivity contribution in [1.29, 1.82) is 0 Å². The van der Waals surface area contributed by atoms with Crippen molar-refractivity contribution >= 4 is 0 Å². The Morgan fingerprint density at radius 3 is 2.19 bits per heavy atom. The number of nitrogens with two attached hydrogens (primary N) is 1. The van der Waals surface area contributed by atoms with E-state index < -0.39 is 5.60 Å². The molecule has 0 radical (unpaired) electrons. The van der Waals surface area contributed by atoms with E-state index in [9.17, 15) is 5.11 Å². The van der Waals surface area contributed by atoms with Gasteiger partial charge in [-0.25, -0.2) is 0 Å². The van der Waals surface area contributed by atoms with Crippen LogP contribution < -0.4 is 5.73 Å². The van der Waals surface area contributed by atoms with Gasteiger partial charge in [0.25, 0.3) is 0 Å². The molecule has 2 aliphatic carbocycles. The Labute approximate surface area is 98.4 Å². The van der Waals surface area contributed by atoms with Crippen LogP contribution >= 0.6 is 0 Å². The van der Waals surface area contributed by atoms with Gasteiger partial charge in [-0.3, -0.25) is 0 Å². The van der Waals surface area contributed by atoms with Crippen molar-refractivity contribution in [3.8, 4) is 0 Å². The molecule has 16 heavy (non-hydrogen) atoms. The highest BCUT2D eigenvalue weighted by molar-refractivity contribution is 4.95. The lowest BCUT2D eigenvalue weighted by Crippen LogP contribution is -2.45. The van der Waals surface area contributed by atoms with Crippen molar-refractivity contribution in [3.05, 3.63) is 0 Å². The zero-order valence-electron chi connectivity index (χ0n) is 10.2. The first kappa shape index (κ1) is 12.3. The molecule has 3 heteroatoms. The Morgan fingerprint density at radius 1 is 1.06 bits per heavy atom. The smallest absolute Gasteiger partial charge is 0.103 e. The number of rotatable bonds is 5. The molecule has 0 aromatic carbocycles. The van der Waals surface area contributed by atoms with Gasteiger partial charge in [-0.2, -0.15) is 0 Å². The van der Waals surface area contributed by atoms with Gasteiger partial charge in [0.05, 0.1) is 12.7 Å². The van der Waals surface area contributed by atoms with Crippen LogP contribution in [-0.2, 0) is 4.74 Å². The normalized spacial score (nSPS) is 27.4. The summed E-state index contributed by atoms with van der Waals surface area (Å²) in [4.78, 5) is 0. The summed E-state index contributed by atoms with van der Waals surface area (Å²) in [5.41, 5.74) is 4.92. The molecule has 0 bridgehead atoms. The topological polar surface area (TPSA) is 55.5 Å². The first-order valence-electron chi connectivity index (χ1n) is 6.79. The molecule has 1 atom stereocenters. The van der Waals surface area contributed by atoms with Crippen molar-refractivity contribution in [3.63, 3.8) is 0 Å².